The van der Waals surface area contributed by atoms with Gasteiger partial charge in [0.2, 0.25) is 0 Å². The first-order valence-corrected chi connectivity index (χ1v) is 7.35. The number of aromatic nitrogens is 1. The third-order valence-electron chi connectivity index (χ3n) is 4.13. The summed E-state index contributed by atoms with van der Waals surface area (Å²) < 4.78 is 11.4. The van der Waals surface area contributed by atoms with Crippen LogP contribution in [-0.2, 0) is 4.74 Å². The van der Waals surface area contributed by atoms with E-state index in [0.717, 1.165) is 5.56 Å². The quantitative estimate of drug-likeness (QED) is 0.920. The fourth-order valence-electron chi connectivity index (χ4n) is 2.99. The second-order valence-corrected chi connectivity index (χ2v) is 6.05. The van der Waals surface area contributed by atoms with Gasteiger partial charge in [-0.2, -0.15) is 0 Å². The topological polar surface area (TPSA) is 51.6 Å². The molecule has 1 fully saturated rings. The highest BCUT2D eigenvalue weighted by Gasteiger charge is 2.41. The molecule has 1 aliphatic heterocycles. The van der Waals surface area contributed by atoms with Crippen molar-refractivity contribution in [2.75, 3.05) is 0 Å². The first-order valence-electron chi connectivity index (χ1n) is 7.35. The van der Waals surface area contributed by atoms with E-state index >= 15 is 0 Å². The van der Waals surface area contributed by atoms with Crippen molar-refractivity contribution in [2.45, 2.75) is 59.0 Å². The molecule has 4 nitrogen and oxygen atoms in total. The van der Waals surface area contributed by atoms with Crippen LogP contribution in [0.25, 0.3) is 0 Å². The molecule has 20 heavy (non-hydrogen) atoms. The third-order valence-corrected chi connectivity index (χ3v) is 4.13. The van der Waals surface area contributed by atoms with Gasteiger partial charge in [0, 0.05) is 17.7 Å². The lowest BCUT2D eigenvalue weighted by Gasteiger charge is -2.25. The Balaban J connectivity index is 2.18. The van der Waals surface area contributed by atoms with Crippen LogP contribution >= 0.6 is 0 Å². The molecule has 5 atom stereocenters. The minimum Gasteiger partial charge on any atom is -0.489 e. The van der Waals surface area contributed by atoms with Crippen molar-refractivity contribution < 1.29 is 14.6 Å². The molecule has 0 saturated carbocycles. The van der Waals surface area contributed by atoms with E-state index in [0.29, 0.717) is 11.7 Å². The molecule has 1 saturated heterocycles. The Morgan fingerprint density at radius 1 is 1.20 bits per heavy atom. The van der Waals surface area contributed by atoms with Crippen LogP contribution in [-0.4, -0.2) is 28.4 Å². The molecule has 0 bridgehead atoms. The van der Waals surface area contributed by atoms with E-state index in [4.69, 9.17) is 9.47 Å². The van der Waals surface area contributed by atoms with Crippen molar-refractivity contribution in [1.82, 2.24) is 4.98 Å². The van der Waals surface area contributed by atoms with E-state index in [2.05, 4.69) is 18.8 Å². The van der Waals surface area contributed by atoms with Crippen LogP contribution in [0.4, 0.5) is 0 Å². The van der Waals surface area contributed by atoms with Gasteiger partial charge in [-0.3, -0.25) is 4.98 Å². The fraction of sp³-hybridized carbons (Fsp3) is 0.688. The number of hydrogen-bond acceptors (Lipinski definition) is 4. The average molecular weight is 279 g/mol. The summed E-state index contributed by atoms with van der Waals surface area (Å²) in [6.45, 7) is 10.2. The van der Waals surface area contributed by atoms with E-state index < -0.39 is 6.10 Å². The smallest absolute Gasteiger partial charge is 0.138 e. The van der Waals surface area contributed by atoms with Gasteiger partial charge < -0.3 is 14.6 Å². The van der Waals surface area contributed by atoms with Crippen molar-refractivity contribution in [3.63, 3.8) is 0 Å². The standard InChI is InChI=1S/C16H25NO3/c1-9(2)19-14-6-13(7-17-8-14)16(18)15-10(3)11(4)20-12(15)5/h6-12,15-16,18H,1-5H3. The van der Waals surface area contributed by atoms with E-state index in [-0.39, 0.29) is 24.2 Å². The summed E-state index contributed by atoms with van der Waals surface area (Å²) in [5.41, 5.74) is 0.796. The highest BCUT2D eigenvalue weighted by molar-refractivity contribution is 5.26. The molecule has 5 unspecified atom stereocenters. The largest absolute Gasteiger partial charge is 0.489 e. The maximum atomic E-state index is 10.7. The van der Waals surface area contributed by atoms with Crippen molar-refractivity contribution in [3.05, 3.63) is 24.0 Å². The number of aliphatic hydroxyl groups is 1. The minimum absolute atomic E-state index is 0.0460. The first-order chi connectivity index (χ1) is 9.40. The van der Waals surface area contributed by atoms with Crippen molar-refractivity contribution in [1.29, 1.82) is 0 Å². The van der Waals surface area contributed by atoms with Gasteiger partial charge in [-0.1, -0.05) is 6.92 Å². The van der Waals surface area contributed by atoms with Gasteiger partial charge in [0.25, 0.3) is 0 Å². The molecule has 0 amide bonds. The van der Waals surface area contributed by atoms with Crippen LogP contribution in [0.2, 0.25) is 0 Å². The maximum Gasteiger partial charge on any atom is 0.138 e. The lowest BCUT2D eigenvalue weighted by molar-refractivity contribution is 0.0229. The predicted molar refractivity (Wildman–Crippen MR) is 77.6 cm³/mol. The number of aliphatic hydroxyl groups excluding tert-OH is 1. The summed E-state index contributed by atoms with van der Waals surface area (Å²) in [5.74, 6) is 1.10. The number of nitrogens with zero attached hydrogens (tertiary/aromatic N) is 1. The molecule has 1 aromatic heterocycles. The summed E-state index contributed by atoms with van der Waals surface area (Å²) in [4.78, 5) is 4.17. The van der Waals surface area contributed by atoms with Gasteiger partial charge in [0.05, 0.1) is 30.6 Å². The Morgan fingerprint density at radius 2 is 1.90 bits per heavy atom. The van der Waals surface area contributed by atoms with Gasteiger partial charge in [0.15, 0.2) is 0 Å². The zero-order valence-electron chi connectivity index (χ0n) is 12.9. The summed E-state index contributed by atoms with van der Waals surface area (Å²) in [6.07, 6.45) is 3.12. The highest BCUT2D eigenvalue weighted by Crippen LogP contribution is 2.40. The highest BCUT2D eigenvalue weighted by atomic mass is 16.5. The Morgan fingerprint density at radius 3 is 2.45 bits per heavy atom. The van der Waals surface area contributed by atoms with E-state index in [1.54, 1.807) is 12.4 Å². The molecule has 1 aliphatic rings. The lowest BCUT2D eigenvalue weighted by Crippen LogP contribution is -2.25. The van der Waals surface area contributed by atoms with Gasteiger partial charge in [-0.15, -0.1) is 0 Å². The maximum absolute atomic E-state index is 10.7. The Kier molecular flexibility index (Phi) is 4.66. The van der Waals surface area contributed by atoms with Gasteiger partial charge >= 0.3 is 0 Å². The van der Waals surface area contributed by atoms with E-state index in [1.807, 2.05) is 26.8 Å². The molecule has 0 aliphatic carbocycles. The van der Waals surface area contributed by atoms with Crippen molar-refractivity contribution in [2.24, 2.45) is 11.8 Å². The average Bonchev–Trinajstić information content (AvgIpc) is 2.62. The molecular weight excluding hydrogens is 254 g/mol. The molecular formula is C16H25NO3. The first kappa shape index (κ1) is 15.3. The van der Waals surface area contributed by atoms with Crippen LogP contribution in [0.3, 0.4) is 0 Å². The molecule has 1 aromatic rings. The molecule has 2 heterocycles. The fourth-order valence-corrected chi connectivity index (χ4v) is 2.99. The Labute approximate surface area is 121 Å². The molecule has 2 rings (SSSR count). The molecule has 0 aromatic carbocycles. The number of hydrogen-bond donors (Lipinski definition) is 1. The number of rotatable bonds is 4. The zero-order valence-corrected chi connectivity index (χ0v) is 12.9. The Bertz CT molecular complexity index is 449. The summed E-state index contributed by atoms with van der Waals surface area (Å²) in [6, 6.07) is 1.88. The number of ether oxygens (including phenoxy) is 2. The normalized spacial score (nSPS) is 31.6. The molecule has 112 valence electrons. The predicted octanol–water partition coefficient (Wildman–Crippen LogP) is 2.96. The number of pyridine rings is 1. The third kappa shape index (κ3) is 3.13. The summed E-state index contributed by atoms with van der Waals surface area (Å²) in [7, 11) is 0. The Hall–Kier alpha value is -1.13. The monoisotopic (exact) mass is 279 g/mol. The molecule has 0 radical (unpaired) electrons. The van der Waals surface area contributed by atoms with Crippen LogP contribution in [0, 0.1) is 11.8 Å². The molecule has 4 heteroatoms. The van der Waals surface area contributed by atoms with Gasteiger partial charge in [-0.25, -0.2) is 0 Å². The molecule has 0 spiro atoms. The summed E-state index contributed by atoms with van der Waals surface area (Å²) in [5, 5.41) is 10.7. The lowest BCUT2D eigenvalue weighted by atomic mass is 9.82. The van der Waals surface area contributed by atoms with Crippen LogP contribution in [0.1, 0.15) is 46.3 Å². The van der Waals surface area contributed by atoms with Crippen LogP contribution < -0.4 is 4.74 Å². The van der Waals surface area contributed by atoms with Gasteiger partial charge in [0.1, 0.15) is 5.75 Å². The molecule has 1 N–H and O–H groups in total. The second kappa shape index (κ2) is 6.10. The van der Waals surface area contributed by atoms with Crippen molar-refractivity contribution >= 4 is 0 Å². The zero-order chi connectivity index (χ0) is 14.9. The SMILES string of the molecule is CC(C)Oc1cncc(C(O)C2C(C)OC(C)C2C)c1. The van der Waals surface area contributed by atoms with E-state index in [9.17, 15) is 5.11 Å². The minimum atomic E-state index is -0.576. The van der Waals surface area contributed by atoms with Crippen LogP contribution in [0.15, 0.2) is 18.5 Å². The van der Waals surface area contributed by atoms with Gasteiger partial charge in [-0.05, 0) is 39.7 Å². The summed E-state index contributed by atoms with van der Waals surface area (Å²) >= 11 is 0. The van der Waals surface area contributed by atoms with E-state index in [1.165, 1.54) is 0 Å². The van der Waals surface area contributed by atoms with Crippen LogP contribution in [0.5, 0.6) is 5.75 Å². The second-order valence-electron chi connectivity index (χ2n) is 6.05. The van der Waals surface area contributed by atoms with Crippen molar-refractivity contribution in [3.8, 4) is 5.75 Å².